The predicted octanol–water partition coefficient (Wildman–Crippen LogP) is 4.34. The number of nitrogens with zero attached hydrogens (tertiary/aromatic N) is 2. The minimum Gasteiger partial charge on any atom is -0.439 e. The van der Waals surface area contributed by atoms with Crippen LogP contribution in [0.5, 0.6) is 0 Å². The Morgan fingerprint density at radius 2 is 1.95 bits per heavy atom. The van der Waals surface area contributed by atoms with E-state index in [-0.39, 0.29) is 23.2 Å². The number of thiophene rings is 2. The number of primary amides is 1. The summed E-state index contributed by atoms with van der Waals surface area (Å²) in [5.74, 6) is -0.0845. The summed E-state index contributed by atoms with van der Waals surface area (Å²) in [4.78, 5) is 32.5. The Hall–Kier alpha value is -3.45. The predicted molar refractivity (Wildman–Crippen MR) is 157 cm³/mol. The van der Waals surface area contributed by atoms with Crippen molar-refractivity contribution in [1.29, 1.82) is 0 Å². The average Bonchev–Trinajstić information content (AvgIpc) is 3.57. The number of ether oxygens (including phenoxy) is 1. The molecule has 2 aliphatic rings. The molecule has 1 amide bonds. The number of hydrogen-bond acceptors (Lipinski definition) is 11. The number of anilines is 4. The van der Waals surface area contributed by atoms with Crippen LogP contribution in [0.2, 0.25) is 0 Å². The lowest BCUT2D eigenvalue weighted by molar-refractivity contribution is 0.0996. The van der Waals surface area contributed by atoms with E-state index in [1.807, 2.05) is 27.8 Å². The Kier molecular flexibility index (Phi) is 7.26. The van der Waals surface area contributed by atoms with E-state index in [0.717, 1.165) is 47.5 Å². The molecule has 1 saturated heterocycles. The van der Waals surface area contributed by atoms with Crippen LogP contribution >= 0.6 is 22.7 Å². The summed E-state index contributed by atoms with van der Waals surface area (Å²) in [6.45, 7) is 2.51. The molecule has 2 atom stereocenters. The lowest BCUT2D eigenvalue weighted by atomic mass is 9.91. The molecule has 0 spiro atoms. The number of nitrogens with two attached hydrogens (primary N) is 2. The van der Waals surface area contributed by atoms with Crippen molar-refractivity contribution in [3.05, 3.63) is 51.1 Å². The molecule has 6 rings (SSSR count). The molecule has 4 aromatic heterocycles. The van der Waals surface area contributed by atoms with Crippen molar-refractivity contribution in [3.8, 4) is 10.4 Å². The van der Waals surface area contributed by atoms with Gasteiger partial charge in [-0.25, -0.2) is 4.98 Å². The highest BCUT2D eigenvalue weighted by molar-refractivity contribution is 7.19. The first-order valence-corrected chi connectivity index (χ1v) is 14.8. The van der Waals surface area contributed by atoms with Gasteiger partial charge in [-0.1, -0.05) is 12.8 Å². The summed E-state index contributed by atoms with van der Waals surface area (Å²) in [6, 6.07) is 5.54. The van der Waals surface area contributed by atoms with E-state index in [0.29, 0.717) is 48.2 Å². The molecule has 0 unspecified atom stereocenters. The van der Waals surface area contributed by atoms with E-state index in [2.05, 4.69) is 15.6 Å². The second kappa shape index (κ2) is 11.0. The standard InChI is InChI=1S/C27H30N6O4S2/c28-17-3-1-2-4-18(17)31-15-11-20(23(27(29)35)30-13-15)32-19-5-10-38-25(19)16-14-39-26-21(34)12-22(37-24(16)26)33-6-8-36-9-7-33/h5,10-14,17-18,31-32H,1-4,6-9,28H2,(H2,29,35)/t17-,18+/m1/s1. The first kappa shape index (κ1) is 25.8. The lowest BCUT2D eigenvalue weighted by Crippen LogP contribution is -2.42. The van der Waals surface area contributed by atoms with Crippen LogP contribution in [0.15, 0.2) is 44.4 Å². The first-order valence-electron chi connectivity index (χ1n) is 13.0. The maximum absolute atomic E-state index is 12.9. The Labute approximate surface area is 233 Å². The second-order valence-corrected chi connectivity index (χ2v) is 11.6. The van der Waals surface area contributed by atoms with Crippen molar-refractivity contribution in [2.24, 2.45) is 11.5 Å². The second-order valence-electron chi connectivity index (χ2n) is 9.83. The Morgan fingerprint density at radius 3 is 2.74 bits per heavy atom. The van der Waals surface area contributed by atoms with Crippen LogP contribution in [-0.2, 0) is 4.74 Å². The quantitative estimate of drug-likeness (QED) is 0.256. The third-order valence-corrected chi connectivity index (χ3v) is 9.15. The normalized spacial score (nSPS) is 19.8. The zero-order valence-electron chi connectivity index (χ0n) is 21.3. The highest BCUT2D eigenvalue weighted by Crippen LogP contribution is 2.42. The largest absolute Gasteiger partial charge is 0.439 e. The minimum absolute atomic E-state index is 0.0679. The summed E-state index contributed by atoms with van der Waals surface area (Å²) in [5.41, 5.74) is 15.5. The van der Waals surface area contributed by atoms with Gasteiger partial charge >= 0.3 is 0 Å². The van der Waals surface area contributed by atoms with Crippen molar-refractivity contribution in [2.45, 2.75) is 37.8 Å². The molecule has 6 N–H and O–H groups in total. The molecule has 1 aliphatic carbocycles. The third kappa shape index (κ3) is 5.24. The van der Waals surface area contributed by atoms with E-state index in [1.165, 1.54) is 22.7 Å². The molecular weight excluding hydrogens is 536 g/mol. The number of aromatic nitrogens is 1. The van der Waals surface area contributed by atoms with Crippen molar-refractivity contribution < 1.29 is 13.9 Å². The maximum atomic E-state index is 12.9. The Bertz CT molecular complexity index is 1560. The highest BCUT2D eigenvalue weighted by atomic mass is 32.1. The molecule has 1 saturated carbocycles. The number of carbonyl (C=O) groups is 1. The highest BCUT2D eigenvalue weighted by Gasteiger charge is 2.24. The lowest BCUT2D eigenvalue weighted by Gasteiger charge is -2.30. The zero-order valence-corrected chi connectivity index (χ0v) is 22.9. The zero-order chi connectivity index (χ0) is 26.9. The molecule has 4 aromatic rings. The molecular formula is C27H30N6O4S2. The number of fused-ring (bicyclic) bond motifs is 1. The number of carbonyl (C=O) groups excluding carboxylic acids is 1. The third-order valence-electron chi connectivity index (χ3n) is 7.22. The summed E-state index contributed by atoms with van der Waals surface area (Å²) in [5, 5.41) is 10.7. The van der Waals surface area contributed by atoms with E-state index in [4.69, 9.17) is 20.6 Å². The molecule has 10 nitrogen and oxygen atoms in total. The summed E-state index contributed by atoms with van der Waals surface area (Å²) in [6.07, 6.45) is 5.84. The maximum Gasteiger partial charge on any atom is 0.269 e. The molecule has 0 bridgehead atoms. The summed E-state index contributed by atoms with van der Waals surface area (Å²) in [7, 11) is 0. The molecule has 0 aromatic carbocycles. The summed E-state index contributed by atoms with van der Waals surface area (Å²) >= 11 is 2.88. The average molecular weight is 567 g/mol. The van der Waals surface area contributed by atoms with Gasteiger partial charge in [-0.3, -0.25) is 9.59 Å². The van der Waals surface area contributed by atoms with Gasteiger partial charge in [0.25, 0.3) is 5.91 Å². The van der Waals surface area contributed by atoms with Gasteiger partial charge in [0.1, 0.15) is 4.70 Å². The van der Waals surface area contributed by atoms with Gasteiger partial charge in [0.2, 0.25) is 5.43 Å². The molecule has 2 fully saturated rings. The van der Waals surface area contributed by atoms with Crippen molar-refractivity contribution in [2.75, 3.05) is 41.8 Å². The molecule has 1 aliphatic heterocycles. The number of rotatable bonds is 7. The topological polar surface area (TPSA) is 149 Å². The molecule has 204 valence electrons. The minimum atomic E-state index is -0.627. The van der Waals surface area contributed by atoms with Crippen molar-refractivity contribution >= 4 is 61.8 Å². The number of amides is 1. The fourth-order valence-corrected chi connectivity index (χ4v) is 7.01. The van der Waals surface area contributed by atoms with Crippen LogP contribution in [0.3, 0.4) is 0 Å². The molecule has 0 radical (unpaired) electrons. The smallest absolute Gasteiger partial charge is 0.269 e. The van der Waals surface area contributed by atoms with Crippen LogP contribution in [0.1, 0.15) is 36.2 Å². The SMILES string of the molecule is NC(=O)c1ncc(N[C@H]2CCCC[C@H]2N)cc1Nc1ccsc1-c1csc2c(=O)cc(N3CCOCC3)oc12. The summed E-state index contributed by atoms with van der Waals surface area (Å²) < 4.78 is 12.3. The van der Waals surface area contributed by atoms with Crippen LogP contribution in [0.4, 0.5) is 22.9 Å². The number of morpholine rings is 1. The van der Waals surface area contributed by atoms with Gasteiger partial charge in [-0.15, -0.1) is 22.7 Å². The van der Waals surface area contributed by atoms with Crippen LogP contribution in [0.25, 0.3) is 20.7 Å². The Balaban J connectivity index is 1.34. The van der Waals surface area contributed by atoms with Gasteiger partial charge < -0.3 is 36.2 Å². The van der Waals surface area contributed by atoms with Gasteiger partial charge in [0, 0.05) is 42.2 Å². The molecule has 12 heteroatoms. The van der Waals surface area contributed by atoms with Crippen LogP contribution in [-0.4, -0.2) is 49.3 Å². The Morgan fingerprint density at radius 1 is 1.13 bits per heavy atom. The van der Waals surface area contributed by atoms with E-state index in [9.17, 15) is 9.59 Å². The van der Waals surface area contributed by atoms with Crippen molar-refractivity contribution in [3.63, 3.8) is 0 Å². The monoisotopic (exact) mass is 566 g/mol. The van der Waals surface area contributed by atoms with Gasteiger partial charge in [-0.05, 0) is 30.4 Å². The number of hydrogen-bond donors (Lipinski definition) is 4. The van der Waals surface area contributed by atoms with Crippen LogP contribution in [0, 0.1) is 0 Å². The van der Waals surface area contributed by atoms with Gasteiger partial charge in [0.15, 0.2) is 17.2 Å². The van der Waals surface area contributed by atoms with E-state index >= 15 is 0 Å². The van der Waals surface area contributed by atoms with Crippen molar-refractivity contribution in [1.82, 2.24) is 4.98 Å². The van der Waals surface area contributed by atoms with Gasteiger partial charge in [0.05, 0.1) is 41.3 Å². The first-order chi connectivity index (χ1) is 19.0. The van der Waals surface area contributed by atoms with E-state index < -0.39 is 5.91 Å². The molecule has 39 heavy (non-hydrogen) atoms. The van der Waals surface area contributed by atoms with E-state index in [1.54, 1.807) is 12.3 Å². The van der Waals surface area contributed by atoms with Gasteiger partial charge in [-0.2, -0.15) is 0 Å². The fourth-order valence-electron chi connectivity index (χ4n) is 5.18. The number of nitrogens with one attached hydrogen (secondary N) is 2. The van der Waals surface area contributed by atoms with Crippen LogP contribution < -0.4 is 32.4 Å². The number of pyridine rings is 1. The molecule has 5 heterocycles. The fraction of sp³-hybridized carbons (Fsp3) is 0.370.